The summed E-state index contributed by atoms with van der Waals surface area (Å²) in [5.74, 6) is 1.45. The number of halogens is 1. The number of hydrogen-bond donors (Lipinski definition) is 2. The standard InChI is InChI=1S/C25H25N3O4.CH3Cl/c1-26-18-13-20-17(15-7-5-6-8-16(15)18)9-10-28(20)25(29)19-11-14-12-21(30-2)23(31-3)24(32-4)22(14)27-19;1-2/h5-8,11-13,26-27H,9-10H2,1-4H3;1H3. The highest BCUT2D eigenvalue weighted by Crippen LogP contribution is 2.44. The first-order chi connectivity index (χ1) is 16.6. The van der Waals surface area contributed by atoms with Crippen molar-refractivity contribution >= 4 is 50.6 Å². The summed E-state index contributed by atoms with van der Waals surface area (Å²) in [4.78, 5) is 18.7. The molecule has 0 aliphatic carbocycles. The van der Waals surface area contributed by atoms with Gasteiger partial charge in [-0.25, -0.2) is 0 Å². The largest absolute Gasteiger partial charge is 0.493 e. The number of anilines is 2. The first-order valence-electron chi connectivity index (χ1n) is 10.8. The van der Waals surface area contributed by atoms with Crippen LogP contribution in [-0.4, -0.2) is 52.2 Å². The molecule has 0 atom stereocenters. The van der Waals surface area contributed by atoms with Crippen LogP contribution >= 0.6 is 11.6 Å². The molecule has 4 aromatic rings. The van der Waals surface area contributed by atoms with Gasteiger partial charge >= 0.3 is 0 Å². The molecule has 1 aromatic heterocycles. The summed E-state index contributed by atoms with van der Waals surface area (Å²) in [7, 11) is 6.61. The van der Waals surface area contributed by atoms with E-state index in [-0.39, 0.29) is 5.91 Å². The van der Waals surface area contributed by atoms with E-state index in [1.165, 1.54) is 17.3 Å². The molecule has 178 valence electrons. The van der Waals surface area contributed by atoms with E-state index in [1.54, 1.807) is 21.3 Å². The average molecular weight is 482 g/mol. The molecule has 3 aromatic carbocycles. The Morgan fingerprint density at radius 2 is 1.71 bits per heavy atom. The predicted molar refractivity (Wildman–Crippen MR) is 139 cm³/mol. The van der Waals surface area contributed by atoms with E-state index >= 15 is 0 Å². The van der Waals surface area contributed by atoms with Gasteiger partial charge < -0.3 is 29.4 Å². The van der Waals surface area contributed by atoms with Crippen LogP contribution in [0.25, 0.3) is 21.7 Å². The van der Waals surface area contributed by atoms with E-state index in [2.05, 4.69) is 40.1 Å². The van der Waals surface area contributed by atoms with Crippen molar-refractivity contribution in [2.24, 2.45) is 0 Å². The Kier molecular flexibility index (Phi) is 6.75. The average Bonchev–Trinajstić information content (AvgIpc) is 3.52. The van der Waals surface area contributed by atoms with Crippen molar-refractivity contribution in [1.29, 1.82) is 0 Å². The number of hydrogen-bond acceptors (Lipinski definition) is 5. The second kappa shape index (κ2) is 9.73. The molecule has 8 heteroatoms. The zero-order valence-corrected chi connectivity index (χ0v) is 20.7. The van der Waals surface area contributed by atoms with Gasteiger partial charge in [-0.05, 0) is 35.6 Å². The lowest BCUT2D eigenvalue weighted by Gasteiger charge is -2.19. The minimum absolute atomic E-state index is 0.0859. The molecule has 2 N–H and O–H groups in total. The molecule has 0 unspecified atom stereocenters. The molecular weight excluding hydrogens is 454 g/mol. The summed E-state index contributed by atoms with van der Waals surface area (Å²) < 4.78 is 16.5. The third kappa shape index (κ3) is 3.66. The second-order valence-electron chi connectivity index (χ2n) is 7.72. The van der Waals surface area contributed by atoms with Crippen LogP contribution in [0.3, 0.4) is 0 Å². The third-order valence-corrected chi connectivity index (χ3v) is 6.17. The summed E-state index contributed by atoms with van der Waals surface area (Å²) in [6, 6.07) is 14.0. The number of H-pyrrole nitrogens is 1. The molecule has 0 saturated heterocycles. The topological polar surface area (TPSA) is 75.8 Å². The van der Waals surface area contributed by atoms with Crippen LogP contribution in [0.15, 0.2) is 42.5 Å². The Morgan fingerprint density at radius 3 is 2.35 bits per heavy atom. The number of amides is 1. The molecule has 1 aliphatic rings. The Labute approximate surface area is 203 Å². The number of aromatic nitrogens is 1. The lowest BCUT2D eigenvalue weighted by molar-refractivity contribution is 0.0985. The number of nitrogens with one attached hydrogen (secondary N) is 2. The van der Waals surface area contributed by atoms with E-state index in [1.807, 2.05) is 36.2 Å². The fourth-order valence-electron chi connectivity index (χ4n) is 4.69. The molecule has 1 amide bonds. The molecule has 0 spiro atoms. The molecule has 1 aliphatic heterocycles. The van der Waals surface area contributed by atoms with Crippen LogP contribution < -0.4 is 24.4 Å². The van der Waals surface area contributed by atoms with Crippen LogP contribution in [0, 0.1) is 0 Å². The van der Waals surface area contributed by atoms with E-state index in [9.17, 15) is 4.79 Å². The van der Waals surface area contributed by atoms with Crippen molar-refractivity contribution in [1.82, 2.24) is 4.98 Å². The fourth-order valence-corrected chi connectivity index (χ4v) is 4.69. The van der Waals surface area contributed by atoms with Gasteiger partial charge in [-0.15, -0.1) is 11.6 Å². The number of fused-ring (bicyclic) bond motifs is 4. The third-order valence-electron chi connectivity index (χ3n) is 6.17. The first kappa shape index (κ1) is 23.6. The molecular formula is C26H28ClN3O4. The van der Waals surface area contributed by atoms with E-state index in [0.29, 0.717) is 35.0 Å². The first-order valence-corrected chi connectivity index (χ1v) is 11.6. The maximum Gasteiger partial charge on any atom is 0.274 e. The maximum atomic E-state index is 13.6. The monoisotopic (exact) mass is 481 g/mol. The maximum absolute atomic E-state index is 13.6. The van der Waals surface area contributed by atoms with Crippen LogP contribution in [-0.2, 0) is 6.42 Å². The van der Waals surface area contributed by atoms with Gasteiger partial charge in [0.05, 0.1) is 26.8 Å². The second-order valence-corrected chi connectivity index (χ2v) is 7.72. The van der Waals surface area contributed by atoms with Crippen LogP contribution in [0.4, 0.5) is 11.4 Å². The molecule has 0 saturated carbocycles. The number of carbonyl (C=O) groups is 1. The van der Waals surface area contributed by atoms with Crippen LogP contribution in [0.2, 0.25) is 0 Å². The molecule has 0 radical (unpaired) electrons. The zero-order valence-electron chi connectivity index (χ0n) is 19.9. The molecule has 0 bridgehead atoms. The fraction of sp³-hybridized carbons (Fsp3) is 0.269. The van der Waals surface area contributed by atoms with Crippen LogP contribution in [0.5, 0.6) is 17.2 Å². The predicted octanol–water partition coefficient (Wildman–Crippen LogP) is 5.45. The smallest absolute Gasteiger partial charge is 0.274 e. The van der Waals surface area contributed by atoms with Crippen molar-refractivity contribution < 1.29 is 19.0 Å². The quantitative estimate of drug-likeness (QED) is 0.371. The van der Waals surface area contributed by atoms with Crippen molar-refractivity contribution in [3.8, 4) is 17.2 Å². The summed E-state index contributed by atoms with van der Waals surface area (Å²) in [5.41, 5.74) is 4.33. The molecule has 34 heavy (non-hydrogen) atoms. The Hall–Kier alpha value is -3.58. The van der Waals surface area contributed by atoms with Gasteiger partial charge in [-0.1, -0.05) is 24.3 Å². The van der Waals surface area contributed by atoms with Gasteiger partial charge in [0.15, 0.2) is 11.5 Å². The highest BCUT2D eigenvalue weighted by atomic mass is 35.5. The zero-order chi connectivity index (χ0) is 24.4. The number of benzene rings is 3. The van der Waals surface area contributed by atoms with Crippen molar-refractivity contribution in [3.63, 3.8) is 0 Å². The normalized spacial score (nSPS) is 12.2. The molecule has 0 fully saturated rings. The van der Waals surface area contributed by atoms with Gasteiger partial charge in [0.2, 0.25) is 5.75 Å². The Bertz CT molecular complexity index is 1370. The van der Waals surface area contributed by atoms with Gasteiger partial charge in [-0.2, -0.15) is 0 Å². The summed E-state index contributed by atoms with van der Waals surface area (Å²) in [5, 5.41) is 6.43. The molecule has 2 heterocycles. The highest BCUT2D eigenvalue weighted by molar-refractivity contribution is 6.15. The van der Waals surface area contributed by atoms with Crippen molar-refractivity contribution in [2.45, 2.75) is 6.42 Å². The van der Waals surface area contributed by atoms with Crippen molar-refractivity contribution in [3.05, 3.63) is 53.7 Å². The van der Waals surface area contributed by atoms with E-state index in [4.69, 9.17) is 14.2 Å². The number of ether oxygens (including phenoxy) is 3. The van der Waals surface area contributed by atoms with E-state index < -0.39 is 0 Å². The number of carbonyl (C=O) groups excluding carboxylic acids is 1. The van der Waals surface area contributed by atoms with Gasteiger partial charge in [0.1, 0.15) is 5.69 Å². The lowest BCUT2D eigenvalue weighted by atomic mass is 10.0. The SMILES string of the molecule is CCl.CNc1cc2c(c3ccccc13)CCN2C(=O)c1cc2cc(OC)c(OC)c(OC)c2[nH]1. The van der Waals surface area contributed by atoms with Gasteiger partial charge in [-0.3, -0.25) is 4.79 Å². The number of aromatic amines is 1. The number of methoxy groups -OCH3 is 3. The number of alkyl halides is 1. The molecule has 7 nitrogen and oxygen atoms in total. The summed E-state index contributed by atoms with van der Waals surface area (Å²) in [6.45, 7) is 0.629. The van der Waals surface area contributed by atoms with Gasteiger partial charge in [0.25, 0.3) is 5.91 Å². The summed E-state index contributed by atoms with van der Waals surface area (Å²) >= 11 is 4.64. The minimum atomic E-state index is -0.0859. The van der Waals surface area contributed by atoms with Crippen molar-refractivity contribution in [2.75, 3.05) is 51.5 Å². The minimum Gasteiger partial charge on any atom is -0.493 e. The van der Waals surface area contributed by atoms with Crippen LogP contribution in [0.1, 0.15) is 16.1 Å². The number of nitrogens with zero attached hydrogens (tertiary/aromatic N) is 1. The Balaban J connectivity index is 0.00000133. The highest BCUT2D eigenvalue weighted by Gasteiger charge is 2.29. The Morgan fingerprint density at radius 1 is 1.00 bits per heavy atom. The van der Waals surface area contributed by atoms with E-state index in [0.717, 1.165) is 28.6 Å². The molecule has 5 rings (SSSR count). The summed E-state index contributed by atoms with van der Waals surface area (Å²) in [6.07, 6.45) is 2.29. The number of rotatable bonds is 5. The lowest BCUT2D eigenvalue weighted by Crippen LogP contribution is -2.29. The van der Waals surface area contributed by atoms with Gasteiger partial charge in [0, 0.05) is 42.1 Å².